The summed E-state index contributed by atoms with van der Waals surface area (Å²) in [5.41, 5.74) is 4.56. The van der Waals surface area contributed by atoms with Crippen LogP contribution in [-0.2, 0) is 15.7 Å². The van der Waals surface area contributed by atoms with Gasteiger partial charge in [0.25, 0.3) is 5.91 Å². The van der Waals surface area contributed by atoms with Gasteiger partial charge in [-0.05, 0) is 62.4 Å². The van der Waals surface area contributed by atoms with Crippen molar-refractivity contribution in [1.82, 2.24) is 24.3 Å². The number of nitrogens with zero attached hydrogens (tertiary/aromatic N) is 5. The van der Waals surface area contributed by atoms with E-state index < -0.39 is 41.0 Å². The molecule has 0 spiro atoms. The van der Waals surface area contributed by atoms with Gasteiger partial charge in [0.1, 0.15) is 45.7 Å². The summed E-state index contributed by atoms with van der Waals surface area (Å²) in [5, 5.41) is 12.5. The number of amides is 1. The Hall–Kier alpha value is -4.34. The minimum Gasteiger partial charge on any atom is -0.481 e. The van der Waals surface area contributed by atoms with E-state index in [2.05, 4.69) is 20.2 Å². The van der Waals surface area contributed by atoms with Crippen LogP contribution in [0.3, 0.4) is 0 Å². The third-order valence-electron chi connectivity index (χ3n) is 9.78. The number of carboxylic acids is 1. The summed E-state index contributed by atoms with van der Waals surface area (Å²) in [6, 6.07) is 4.97. The molecule has 1 saturated heterocycles. The number of benzene rings is 1. The van der Waals surface area contributed by atoms with Gasteiger partial charge in [-0.25, -0.2) is 19.3 Å². The molecule has 0 bridgehead atoms. The minimum absolute atomic E-state index is 0.00456. The molecule has 6 rings (SSSR count). The predicted molar refractivity (Wildman–Crippen MR) is 172 cm³/mol. The normalized spacial score (nSPS) is 23.3. The average Bonchev–Trinajstić information content (AvgIpc) is 3.68. The van der Waals surface area contributed by atoms with Gasteiger partial charge >= 0.3 is 12.1 Å². The molecular weight excluding hydrogens is 670 g/mol. The zero-order valence-electron chi connectivity index (χ0n) is 26.8. The number of imidazole rings is 1. The van der Waals surface area contributed by atoms with Crippen molar-refractivity contribution >= 4 is 40.6 Å². The second-order valence-corrected chi connectivity index (χ2v) is 13.3. The van der Waals surface area contributed by atoms with Crippen LogP contribution in [0.4, 0.5) is 29.2 Å². The highest BCUT2D eigenvalue weighted by Gasteiger charge is 2.50. The van der Waals surface area contributed by atoms with Crippen molar-refractivity contribution in [3.8, 4) is 11.3 Å². The van der Waals surface area contributed by atoms with Gasteiger partial charge in [-0.2, -0.15) is 13.2 Å². The Balaban J connectivity index is 1.31. The Bertz CT molecular complexity index is 1940. The number of fused-ring (bicyclic) bond motifs is 1. The smallest absolute Gasteiger partial charge is 0.416 e. The zero-order chi connectivity index (χ0) is 35.4. The van der Waals surface area contributed by atoms with Crippen molar-refractivity contribution < 1.29 is 37.0 Å². The third kappa shape index (κ3) is 6.30. The van der Waals surface area contributed by atoms with Crippen LogP contribution in [0.15, 0.2) is 42.7 Å². The maximum atomic E-state index is 15.8. The molecule has 2 fully saturated rings. The molecule has 1 saturated carbocycles. The Labute approximate surface area is 283 Å². The largest absolute Gasteiger partial charge is 0.481 e. The first-order chi connectivity index (χ1) is 23.1. The van der Waals surface area contributed by atoms with Crippen molar-refractivity contribution in [1.29, 1.82) is 0 Å². The number of carboxylic acid groups (broad SMARTS) is 1. The van der Waals surface area contributed by atoms with Gasteiger partial charge in [0.05, 0.1) is 23.8 Å². The van der Waals surface area contributed by atoms with E-state index in [-0.39, 0.29) is 57.1 Å². The molecule has 1 aliphatic heterocycles. The van der Waals surface area contributed by atoms with Crippen LogP contribution in [0.2, 0.25) is 5.15 Å². The summed E-state index contributed by atoms with van der Waals surface area (Å²) in [7, 11) is 0. The summed E-state index contributed by atoms with van der Waals surface area (Å²) in [4.78, 5) is 40.1. The van der Waals surface area contributed by atoms with E-state index in [1.165, 1.54) is 18.3 Å². The molecule has 4 N–H and O–H groups in total. The molecule has 4 heterocycles. The van der Waals surface area contributed by atoms with E-state index in [4.69, 9.17) is 27.1 Å². The molecule has 1 aromatic carbocycles. The first-order valence-electron chi connectivity index (χ1n) is 15.7. The summed E-state index contributed by atoms with van der Waals surface area (Å²) in [6.45, 7) is 6.58. The molecule has 0 unspecified atom stereocenters. The molecule has 260 valence electrons. The fraction of sp³-hybridized carbons (Fsp3) is 0.424. The molecule has 49 heavy (non-hydrogen) atoms. The molecule has 2 aliphatic rings. The lowest BCUT2D eigenvalue weighted by Crippen LogP contribution is -2.50. The molecule has 0 radical (unpaired) electrons. The van der Waals surface area contributed by atoms with Crippen molar-refractivity contribution in [2.45, 2.75) is 64.4 Å². The number of aliphatic carboxylic acids is 1. The number of nitrogens with two attached hydrogens (primary N) is 1. The Morgan fingerprint density at radius 1 is 1.20 bits per heavy atom. The highest BCUT2D eigenvalue weighted by Crippen LogP contribution is 2.47. The van der Waals surface area contributed by atoms with Crippen LogP contribution < -0.4 is 11.1 Å². The standard InChI is InChI=1S/C33H34ClF4N7O4/c1-16(2)32(31(47)48)8-6-20(12-32)44-14-23(49-15-17(44)3)29-43-26(27-28(39)41-13-24(34)45(27)29)21-5-4-18(10-22(21)35)30(46)42-25-11-19(7-9-40-25)33(36,37)38/h4-5,7,9-11,13,16-17,20,23H,6,8,12,14-15H2,1-3H3,(H2,39,41)(H,47,48)(H,40,42,46)/t17-,20-,23+,32+/m0/s1. The number of aromatic nitrogens is 4. The number of rotatable bonds is 7. The summed E-state index contributed by atoms with van der Waals surface area (Å²) >= 11 is 6.62. The van der Waals surface area contributed by atoms with Crippen LogP contribution in [-0.4, -0.2) is 66.5 Å². The number of pyridine rings is 1. The Kier molecular flexibility index (Phi) is 9.05. The summed E-state index contributed by atoms with van der Waals surface area (Å²) in [5.74, 6) is -2.58. The number of hydrogen-bond acceptors (Lipinski definition) is 8. The maximum absolute atomic E-state index is 15.8. The lowest BCUT2D eigenvalue weighted by molar-refractivity contribution is -0.152. The van der Waals surface area contributed by atoms with Gasteiger partial charge in [0, 0.05) is 36.0 Å². The SMILES string of the molecule is CC(C)[C@@]1(C(=O)O)CC[C@H](N2C[C@H](c3nc(-c4ccc(C(=O)Nc5cc(C(F)(F)F)ccn5)cc4F)c4c(N)ncc(Cl)n34)OC[C@@H]2C)C1. The summed E-state index contributed by atoms with van der Waals surface area (Å²) < 4.78 is 62.9. The van der Waals surface area contributed by atoms with Crippen molar-refractivity contribution in [3.63, 3.8) is 0 Å². The minimum atomic E-state index is -4.64. The van der Waals surface area contributed by atoms with Gasteiger partial charge in [-0.15, -0.1) is 0 Å². The van der Waals surface area contributed by atoms with Gasteiger partial charge < -0.3 is 20.9 Å². The van der Waals surface area contributed by atoms with Gasteiger partial charge in [-0.3, -0.25) is 18.9 Å². The number of halogens is 5. The fourth-order valence-electron chi connectivity index (χ4n) is 6.99. The van der Waals surface area contributed by atoms with Crippen LogP contribution in [0.1, 0.15) is 67.9 Å². The molecule has 1 aliphatic carbocycles. The van der Waals surface area contributed by atoms with Gasteiger partial charge in [0.15, 0.2) is 0 Å². The first kappa shape index (κ1) is 34.5. The van der Waals surface area contributed by atoms with Crippen molar-refractivity contribution in [2.24, 2.45) is 11.3 Å². The van der Waals surface area contributed by atoms with Gasteiger partial charge in [0.2, 0.25) is 0 Å². The average molecular weight is 704 g/mol. The van der Waals surface area contributed by atoms with Gasteiger partial charge in [-0.1, -0.05) is 25.4 Å². The lowest BCUT2D eigenvalue weighted by atomic mass is 9.75. The molecule has 4 aromatic rings. The van der Waals surface area contributed by atoms with E-state index in [9.17, 15) is 27.9 Å². The van der Waals surface area contributed by atoms with Crippen LogP contribution in [0, 0.1) is 17.2 Å². The number of anilines is 2. The fourth-order valence-corrected chi connectivity index (χ4v) is 7.21. The van der Waals surface area contributed by atoms with Crippen LogP contribution in [0.25, 0.3) is 16.8 Å². The van der Waals surface area contributed by atoms with E-state index in [0.29, 0.717) is 44.3 Å². The van der Waals surface area contributed by atoms with Crippen LogP contribution in [0.5, 0.6) is 0 Å². The Morgan fingerprint density at radius 2 is 1.96 bits per heavy atom. The maximum Gasteiger partial charge on any atom is 0.416 e. The molecule has 16 heteroatoms. The third-order valence-corrected chi connectivity index (χ3v) is 10.0. The topological polar surface area (TPSA) is 148 Å². The van der Waals surface area contributed by atoms with E-state index in [1.807, 2.05) is 20.8 Å². The van der Waals surface area contributed by atoms with Crippen molar-refractivity contribution in [2.75, 3.05) is 24.2 Å². The second kappa shape index (κ2) is 12.8. The number of carbonyl (C=O) groups excluding carboxylic acids is 1. The predicted octanol–water partition coefficient (Wildman–Crippen LogP) is 6.48. The number of nitrogens with one attached hydrogen (secondary N) is 1. The van der Waals surface area contributed by atoms with E-state index in [1.54, 1.807) is 4.40 Å². The second-order valence-electron chi connectivity index (χ2n) is 12.9. The number of nitrogen functional groups attached to an aromatic ring is 1. The highest BCUT2D eigenvalue weighted by atomic mass is 35.5. The number of ether oxygens (including phenoxy) is 1. The first-order valence-corrected chi connectivity index (χ1v) is 16.1. The van der Waals surface area contributed by atoms with Crippen LogP contribution >= 0.6 is 11.6 Å². The highest BCUT2D eigenvalue weighted by molar-refractivity contribution is 6.30. The molecule has 1 amide bonds. The van der Waals surface area contributed by atoms with E-state index >= 15 is 4.39 Å². The number of carbonyl (C=O) groups is 2. The summed E-state index contributed by atoms with van der Waals surface area (Å²) in [6.07, 6.45) is -1.27. The number of morpholine rings is 1. The Morgan fingerprint density at radius 3 is 2.61 bits per heavy atom. The van der Waals surface area contributed by atoms with E-state index in [0.717, 1.165) is 18.3 Å². The number of hydrogen-bond donors (Lipinski definition) is 3. The van der Waals surface area contributed by atoms with Crippen molar-refractivity contribution in [3.05, 3.63) is 70.6 Å². The monoisotopic (exact) mass is 703 g/mol. The quantitative estimate of drug-likeness (QED) is 0.184. The lowest BCUT2D eigenvalue weighted by Gasteiger charge is -2.42. The zero-order valence-corrected chi connectivity index (χ0v) is 27.5. The molecular formula is C33H34ClF4N7O4. The molecule has 4 atom stereocenters. The molecule has 11 nitrogen and oxygen atoms in total. The molecule has 3 aromatic heterocycles. The number of alkyl halides is 3.